The van der Waals surface area contributed by atoms with Crippen LogP contribution in [0.25, 0.3) is 0 Å². The Bertz CT molecular complexity index is 780. The van der Waals surface area contributed by atoms with E-state index in [4.69, 9.17) is 17.0 Å². The van der Waals surface area contributed by atoms with E-state index in [2.05, 4.69) is 33.5 Å². The Balaban J connectivity index is 1.99. The SMILES string of the molecule is CCCCCOc1ccccc1C(=O)NC(=S)Nc1ccc(C)cc1Br. The summed E-state index contributed by atoms with van der Waals surface area (Å²) in [6.45, 7) is 4.74. The van der Waals surface area contributed by atoms with Gasteiger partial charge in [0.05, 0.1) is 17.9 Å². The van der Waals surface area contributed by atoms with Crippen molar-refractivity contribution < 1.29 is 9.53 Å². The number of aryl methyl sites for hydroxylation is 1. The minimum absolute atomic E-state index is 0.236. The highest BCUT2D eigenvalue weighted by Gasteiger charge is 2.14. The summed E-state index contributed by atoms with van der Waals surface area (Å²) in [6, 6.07) is 13.0. The molecule has 0 saturated heterocycles. The predicted molar refractivity (Wildman–Crippen MR) is 114 cm³/mol. The number of anilines is 1. The van der Waals surface area contributed by atoms with Crippen LogP contribution in [0.4, 0.5) is 5.69 Å². The lowest BCUT2D eigenvalue weighted by molar-refractivity contribution is 0.0973. The normalized spacial score (nSPS) is 10.3. The van der Waals surface area contributed by atoms with Gasteiger partial charge in [0.1, 0.15) is 5.75 Å². The third-order valence-corrected chi connectivity index (χ3v) is 4.60. The van der Waals surface area contributed by atoms with Crippen LogP contribution in [0, 0.1) is 6.92 Å². The number of hydrogen-bond donors (Lipinski definition) is 2. The first-order valence-corrected chi connectivity index (χ1v) is 9.81. The molecule has 26 heavy (non-hydrogen) atoms. The van der Waals surface area contributed by atoms with Crippen molar-refractivity contribution in [2.24, 2.45) is 0 Å². The van der Waals surface area contributed by atoms with E-state index < -0.39 is 0 Å². The molecule has 0 aliphatic rings. The van der Waals surface area contributed by atoms with E-state index in [1.54, 1.807) is 18.2 Å². The first-order valence-electron chi connectivity index (χ1n) is 8.61. The van der Waals surface area contributed by atoms with E-state index in [0.717, 1.165) is 35.0 Å². The molecule has 4 nitrogen and oxygen atoms in total. The van der Waals surface area contributed by atoms with E-state index in [1.807, 2.05) is 31.2 Å². The Morgan fingerprint density at radius 2 is 1.96 bits per heavy atom. The summed E-state index contributed by atoms with van der Waals surface area (Å²) in [5.74, 6) is 0.275. The van der Waals surface area contributed by atoms with Crippen LogP contribution in [0.3, 0.4) is 0 Å². The first-order chi connectivity index (χ1) is 12.5. The zero-order valence-corrected chi connectivity index (χ0v) is 17.4. The maximum absolute atomic E-state index is 12.6. The molecule has 2 N–H and O–H groups in total. The molecule has 2 aromatic rings. The number of carbonyl (C=O) groups is 1. The van der Waals surface area contributed by atoms with Gasteiger partial charge in [-0.1, -0.05) is 38.0 Å². The van der Waals surface area contributed by atoms with Crippen molar-refractivity contribution in [2.75, 3.05) is 11.9 Å². The molecule has 0 spiro atoms. The van der Waals surface area contributed by atoms with Crippen LogP contribution >= 0.6 is 28.1 Å². The van der Waals surface area contributed by atoms with Crippen molar-refractivity contribution >= 4 is 44.9 Å². The second-order valence-corrected chi connectivity index (χ2v) is 7.21. The molecule has 0 aliphatic carbocycles. The quantitative estimate of drug-likeness (QED) is 0.448. The molecule has 0 saturated carbocycles. The monoisotopic (exact) mass is 434 g/mol. The number of benzene rings is 2. The standard InChI is InChI=1S/C20H23BrN2O2S/c1-3-4-7-12-25-18-9-6-5-8-15(18)19(24)23-20(26)22-17-11-10-14(2)13-16(17)21/h5-6,8-11,13H,3-4,7,12H2,1-2H3,(H2,22,23,24,26). The third-order valence-electron chi connectivity index (χ3n) is 3.74. The zero-order valence-electron chi connectivity index (χ0n) is 15.0. The first kappa shape index (κ1) is 20.4. The van der Waals surface area contributed by atoms with Crippen molar-refractivity contribution in [3.8, 4) is 5.75 Å². The number of para-hydroxylation sites is 1. The van der Waals surface area contributed by atoms with Crippen molar-refractivity contribution in [1.29, 1.82) is 0 Å². The van der Waals surface area contributed by atoms with Gasteiger partial charge in [0.25, 0.3) is 5.91 Å². The summed E-state index contributed by atoms with van der Waals surface area (Å²) < 4.78 is 6.64. The van der Waals surface area contributed by atoms with Crippen LogP contribution in [0.15, 0.2) is 46.9 Å². The number of carbonyl (C=O) groups excluding carboxylic acids is 1. The Morgan fingerprint density at radius 1 is 1.19 bits per heavy atom. The zero-order chi connectivity index (χ0) is 18.9. The van der Waals surface area contributed by atoms with Crippen molar-refractivity contribution in [2.45, 2.75) is 33.1 Å². The van der Waals surface area contributed by atoms with E-state index in [9.17, 15) is 4.79 Å². The van der Waals surface area contributed by atoms with Crippen molar-refractivity contribution in [3.63, 3.8) is 0 Å². The number of halogens is 1. The smallest absolute Gasteiger partial charge is 0.261 e. The Labute approximate surface area is 168 Å². The van der Waals surface area contributed by atoms with Gasteiger partial charge < -0.3 is 10.1 Å². The summed E-state index contributed by atoms with van der Waals surface area (Å²) in [6.07, 6.45) is 3.20. The minimum atomic E-state index is -0.295. The molecule has 0 heterocycles. The van der Waals surface area contributed by atoms with Gasteiger partial charge in [-0.3, -0.25) is 10.1 Å². The third kappa shape index (κ3) is 6.11. The fraction of sp³-hybridized carbons (Fsp3) is 0.300. The lowest BCUT2D eigenvalue weighted by Gasteiger charge is -2.14. The molecule has 0 fully saturated rings. The Hall–Kier alpha value is -1.92. The highest BCUT2D eigenvalue weighted by molar-refractivity contribution is 9.10. The van der Waals surface area contributed by atoms with Crippen LogP contribution in [-0.4, -0.2) is 17.6 Å². The molecule has 2 aromatic carbocycles. The average Bonchev–Trinajstić information content (AvgIpc) is 2.61. The van der Waals surface area contributed by atoms with E-state index in [0.29, 0.717) is 17.9 Å². The Morgan fingerprint density at radius 3 is 2.69 bits per heavy atom. The van der Waals surface area contributed by atoms with Crippen molar-refractivity contribution in [3.05, 3.63) is 58.1 Å². The van der Waals surface area contributed by atoms with Gasteiger partial charge in [-0.2, -0.15) is 0 Å². The summed E-state index contributed by atoms with van der Waals surface area (Å²) in [5.41, 5.74) is 2.40. The molecular weight excluding hydrogens is 412 g/mol. The number of amides is 1. The molecule has 0 bridgehead atoms. The van der Waals surface area contributed by atoms with Crippen LogP contribution in [-0.2, 0) is 0 Å². The second kappa shape index (κ2) is 10.3. The van der Waals surface area contributed by atoms with E-state index in [-0.39, 0.29) is 11.0 Å². The molecule has 0 aromatic heterocycles. The van der Waals surface area contributed by atoms with E-state index in [1.165, 1.54) is 0 Å². The summed E-state index contributed by atoms with van der Waals surface area (Å²) in [5, 5.41) is 5.97. The van der Waals surface area contributed by atoms with Gasteiger partial charge in [-0.25, -0.2) is 0 Å². The number of rotatable bonds is 7. The second-order valence-electron chi connectivity index (χ2n) is 5.94. The van der Waals surface area contributed by atoms with Gasteiger partial charge in [0.15, 0.2) is 5.11 Å². The number of nitrogens with one attached hydrogen (secondary N) is 2. The number of hydrogen-bond acceptors (Lipinski definition) is 3. The number of unbranched alkanes of at least 4 members (excludes halogenated alkanes) is 2. The number of thiocarbonyl (C=S) groups is 1. The number of ether oxygens (including phenoxy) is 1. The molecule has 2 rings (SSSR count). The molecule has 1 amide bonds. The van der Waals surface area contributed by atoms with Gasteiger partial charge in [0, 0.05) is 4.47 Å². The van der Waals surface area contributed by atoms with Crippen LogP contribution < -0.4 is 15.4 Å². The van der Waals surface area contributed by atoms with Gasteiger partial charge in [0.2, 0.25) is 0 Å². The fourth-order valence-corrected chi connectivity index (χ4v) is 3.15. The lowest BCUT2D eigenvalue weighted by Crippen LogP contribution is -2.34. The predicted octanol–water partition coefficient (Wildman–Crippen LogP) is 5.45. The molecule has 138 valence electrons. The summed E-state index contributed by atoms with van der Waals surface area (Å²) in [7, 11) is 0. The molecular formula is C20H23BrN2O2S. The van der Waals surface area contributed by atoms with Gasteiger partial charge in [-0.15, -0.1) is 0 Å². The summed E-state index contributed by atoms with van der Waals surface area (Å²) in [4.78, 5) is 12.6. The molecule has 0 atom stereocenters. The molecule has 0 unspecified atom stereocenters. The lowest BCUT2D eigenvalue weighted by atomic mass is 10.2. The highest BCUT2D eigenvalue weighted by atomic mass is 79.9. The van der Waals surface area contributed by atoms with Crippen molar-refractivity contribution in [1.82, 2.24) is 5.32 Å². The highest BCUT2D eigenvalue weighted by Crippen LogP contribution is 2.23. The largest absolute Gasteiger partial charge is 0.493 e. The van der Waals surface area contributed by atoms with Gasteiger partial charge in [-0.05, 0) is 71.3 Å². The summed E-state index contributed by atoms with van der Waals surface area (Å²) >= 11 is 8.75. The topological polar surface area (TPSA) is 50.4 Å². The Kier molecular flexibility index (Phi) is 8.06. The average molecular weight is 435 g/mol. The van der Waals surface area contributed by atoms with E-state index >= 15 is 0 Å². The van der Waals surface area contributed by atoms with Crippen LogP contribution in [0.2, 0.25) is 0 Å². The maximum Gasteiger partial charge on any atom is 0.261 e. The van der Waals surface area contributed by atoms with Crippen LogP contribution in [0.5, 0.6) is 5.75 Å². The van der Waals surface area contributed by atoms with Crippen LogP contribution in [0.1, 0.15) is 42.1 Å². The molecule has 0 radical (unpaired) electrons. The minimum Gasteiger partial charge on any atom is -0.493 e. The molecule has 6 heteroatoms. The molecule has 0 aliphatic heterocycles. The fourth-order valence-electron chi connectivity index (χ4n) is 2.36. The maximum atomic E-state index is 12.6. The van der Waals surface area contributed by atoms with Gasteiger partial charge >= 0.3 is 0 Å².